The number of fused-ring (bicyclic) bond motifs is 1. The van der Waals surface area contributed by atoms with Gasteiger partial charge in [-0.1, -0.05) is 6.07 Å². The maximum Gasteiger partial charge on any atom is 0.0928 e. The monoisotopic (exact) mass is 352 g/mol. The van der Waals surface area contributed by atoms with E-state index < -0.39 is 0 Å². The van der Waals surface area contributed by atoms with Gasteiger partial charge in [-0.3, -0.25) is 15.1 Å². The quantitative estimate of drug-likeness (QED) is 0.504. The Morgan fingerprint density at radius 1 is 0.852 bits per heavy atom. The molecule has 2 N–H and O–H groups in total. The molecular weight excluding hydrogens is 336 g/mol. The minimum atomic E-state index is 0.833. The number of nitrogens with zero attached hydrogens (tertiary/aromatic N) is 4. The van der Waals surface area contributed by atoms with Crippen molar-refractivity contribution in [1.82, 2.24) is 30.1 Å². The normalized spacial score (nSPS) is 11.1. The van der Waals surface area contributed by atoms with Gasteiger partial charge in [-0.2, -0.15) is 5.10 Å². The standard InChI is InChI=1S/C21H16N6/c1-13-4-2-5-19(25-13)21-15(12-24-27-21)17-7-8-18-20(26-17)10-14(11-23-18)16-6-3-9-22-16/h2-12,22H,1H3,(H,24,27). The molecule has 5 aromatic heterocycles. The summed E-state index contributed by atoms with van der Waals surface area (Å²) in [4.78, 5) is 17.2. The minimum Gasteiger partial charge on any atom is -0.361 e. The van der Waals surface area contributed by atoms with Gasteiger partial charge in [-0.15, -0.1) is 0 Å². The zero-order valence-corrected chi connectivity index (χ0v) is 14.6. The van der Waals surface area contributed by atoms with E-state index in [1.807, 2.05) is 67.8 Å². The van der Waals surface area contributed by atoms with Crippen LogP contribution in [0.4, 0.5) is 0 Å². The van der Waals surface area contributed by atoms with Crippen molar-refractivity contribution >= 4 is 11.0 Å². The first-order chi connectivity index (χ1) is 13.3. The molecule has 0 aliphatic rings. The van der Waals surface area contributed by atoms with E-state index in [-0.39, 0.29) is 0 Å². The van der Waals surface area contributed by atoms with Crippen molar-refractivity contribution in [3.8, 4) is 33.9 Å². The fourth-order valence-corrected chi connectivity index (χ4v) is 3.17. The van der Waals surface area contributed by atoms with Gasteiger partial charge in [-0.05, 0) is 49.4 Å². The van der Waals surface area contributed by atoms with Gasteiger partial charge in [0.25, 0.3) is 0 Å². The molecule has 130 valence electrons. The second-order valence-corrected chi connectivity index (χ2v) is 6.37. The Morgan fingerprint density at radius 2 is 1.81 bits per heavy atom. The van der Waals surface area contributed by atoms with Crippen molar-refractivity contribution in [2.75, 3.05) is 0 Å². The highest BCUT2D eigenvalue weighted by atomic mass is 15.1. The van der Waals surface area contributed by atoms with Gasteiger partial charge in [-0.25, -0.2) is 4.98 Å². The topological polar surface area (TPSA) is 83.1 Å². The number of H-pyrrole nitrogens is 2. The summed E-state index contributed by atoms with van der Waals surface area (Å²) < 4.78 is 0. The largest absolute Gasteiger partial charge is 0.361 e. The Hall–Kier alpha value is -3.80. The molecular formula is C21H16N6. The zero-order valence-electron chi connectivity index (χ0n) is 14.6. The lowest BCUT2D eigenvalue weighted by Gasteiger charge is -2.06. The van der Waals surface area contributed by atoms with Gasteiger partial charge < -0.3 is 4.98 Å². The van der Waals surface area contributed by atoms with Crippen LogP contribution in [0.1, 0.15) is 5.69 Å². The van der Waals surface area contributed by atoms with Crippen LogP contribution in [-0.2, 0) is 0 Å². The van der Waals surface area contributed by atoms with Crippen LogP contribution in [0.25, 0.3) is 44.9 Å². The van der Waals surface area contributed by atoms with E-state index in [0.717, 1.165) is 50.6 Å². The van der Waals surface area contributed by atoms with Crippen molar-refractivity contribution in [3.63, 3.8) is 0 Å². The minimum absolute atomic E-state index is 0.833. The zero-order chi connectivity index (χ0) is 18.2. The smallest absolute Gasteiger partial charge is 0.0928 e. The van der Waals surface area contributed by atoms with Crippen LogP contribution in [0.3, 0.4) is 0 Å². The molecule has 6 heteroatoms. The molecule has 0 amide bonds. The van der Waals surface area contributed by atoms with Crippen LogP contribution >= 0.6 is 0 Å². The summed E-state index contributed by atoms with van der Waals surface area (Å²) in [7, 11) is 0. The molecule has 5 rings (SSSR count). The summed E-state index contributed by atoms with van der Waals surface area (Å²) in [6, 6.07) is 15.9. The molecule has 27 heavy (non-hydrogen) atoms. The van der Waals surface area contributed by atoms with Crippen molar-refractivity contribution < 1.29 is 0 Å². The van der Waals surface area contributed by atoms with Crippen LogP contribution in [0.15, 0.2) is 67.1 Å². The number of aromatic nitrogens is 6. The van der Waals surface area contributed by atoms with Crippen LogP contribution in [0.5, 0.6) is 0 Å². The van der Waals surface area contributed by atoms with Crippen molar-refractivity contribution in [1.29, 1.82) is 0 Å². The van der Waals surface area contributed by atoms with Gasteiger partial charge in [0.1, 0.15) is 0 Å². The molecule has 5 heterocycles. The molecule has 0 saturated carbocycles. The Balaban J connectivity index is 1.63. The lowest BCUT2D eigenvalue weighted by atomic mass is 10.1. The van der Waals surface area contributed by atoms with Gasteiger partial charge in [0.15, 0.2) is 0 Å². The number of nitrogens with one attached hydrogen (secondary N) is 2. The Morgan fingerprint density at radius 3 is 2.67 bits per heavy atom. The maximum atomic E-state index is 4.83. The summed E-state index contributed by atoms with van der Waals surface area (Å²) >= 11 is 0. The second-order valence-electron chi connectivity index (χ2n) is 6.37. The SMILES string of the molecule is Cc1cccc(-c2[nH]ncc2-c2ccc3ncc(-c4ccc[nH]4)cc3n2)n1. The Labute approximate surface area is 155 Å². The molecule has 0 saturated heterocycles. The Kier molecular flexibility index (Phi) is 3.53. The molecule has 0 aromatic carbocycles. The molecule has 0 atom stereocenters. The fraction of sp³-hybridized carbons (Fsp3) is 0.0476. The van der Waals surface area contributed by atoms with Gasteiger partial charge in [0.05, 0.1) is 34.3 Å². The summed E-state index contributed by atoms with van der Waals surface area (Å²) in [5.74, 6) is 0. The van der Waals surface area contributed by atoms with Crippen molar-refractivity contribution in [2.24, 2.45) is 0 Å². The highest BCUT2D eigenvalue weighted by Crippen LogP contribution is 2.29. The van der Waals surface area contributed by atoms with Crippen molar-refractivity contribution in [3.05, 3.63) is 72.8 Å². The van der Waals surface area contributed by atoms with Crippen LogP contribution in [0, 0.1) is 6.92 Å². The summed E-state index contributed by atoms with van der Waals surface area (Å²) in [5.41, 5.74) is 8.13. The van der Waals surface area contributed by atoms with E-state index in [9.17, 15) is 0 Å². The first kappa shape index (κ1) is 15.5. The highest BCUT2D eigenvalue weighted by molar-refractivity contribution is 5.84. The summed E-state index contributed by atoms with van der Waals surface area (Å²) in [5, 5.41) is 7.27. The summed E-state index contributed by atoms with van der Waals surface area (Å²) in [6.45, 7) is 1.97. The Bertz CT molecular complexity index is 1240. The molecule has 0 aliphatic carbocycles. The first-order valence-corrected chi connectivity index (χ1v) is 8.66. The maximum absolute atomic E-state index is 4.83. The average Bonchev–Trinajstić information content (AvgIpc) is 3.39. The molecule has 6 nitrogen and oxygen atoms in total. The second kappa shape index (κ2) is 6.17. The van der Waals surface area contributed by atoms with Gasteiger partial charge >= 0.3 is 0 Å². The molecule has 5 aromatic rings. The first-order valence-electron chi connectivity index (χ1n) is 8.66. The molecule has 0 unspecified atom stereocenters. The number of hydrogen-bond acceptors (Lipinski definition) is 4. The number of rotatable bonds is 3. The predicted molar refractivity (Wildman–Crippen MR) is 105 cm³/mol. The van der Waals surface area contributed by atoms with Crippen LogP contribution < -0.4 is 0 Å². The van der Waals surface area contributed by atoms with Crippen LogP contribution in [-0.4, -0.2) is 30.1 Å². The molecule has 0 spiro atoms. The number of aryl methyl sites for hydroxylation is 1. The van der Waals surface area contributed by atoms with E-state index in [4.69, 9.17) is 4.98 Å². The van der Waals surface area contributed by atoms with Crippen LogP contribution in [0.2, 0.25) is 0 Å². The molecule has 0 aliphatic heterocycles. The number of aromatic amines is 2. The third-order valence-electron chi connectivity index (χ3n) is 4.51. The molecule has 0 radical (unpaired) electrons. The fourth-order valence-electron chi connectivity index (χ4n) is 3.17. The number of hydrogen-bond donors (Lipinski definition) is 2. The van der Waals surface area contributed by atoms with E-state index in [0.29, 0.717) is 0 Å². The molecule has 0 bridgehead atoms. The number of pyridine rings is 3. The third kappa shape index (κ3) is 2.77. The summed E-state index contributed by atoms with van der Waals surface area (Å²) in [6.07, 6.45) is 5.54. The highest BCUT2D eigenvalue weighted by Gasteiger charge is 2.13. The lowest BCUT2D eigenvalue weighted by Crippen LogP contribution is -1.92. The van der Waals surface area contributed by atoms with Gasteiger partial charge in [0, 0.05) is 34.9 Å². The predicted octanol–water partition coefficient (Wildman–Crippen LogP) is 4.39. The third-order valence-corrected chi connectivity index (χ3v) is 4.51. The van der Waals surface area contributed by atoms with Crippen molar-refractivity contribution in [2.45, 2.75) is 6.92 Å². The molecule has 0 fully saturated rings. The van der Waals surface area contributed by atoms with E-state index in [2.05, 4.69) is 25.1 Å². The van der Waals surface area contributed by atoms with E-state index >= 15 is 0 Å². The van der Waals surface area contributed by atoms with Gasteiger partial charge in [0.2, 0.25) is 0 Å². The van der Waals surface area contributed by atoms with E-state index in [1.54, 1.807) is 6.20 Å². The lowest BCUT2D eigenvalue weighted by molar-refractivity contribution is 1.08. The van der Waals surface area contributed by atoms with E-state index in [1.165, 1.54) is 0 Å². The average molecular weight is 352 g/mol.